The molecule has 84 valence electrons. The number of nitrogens with zero attached hydrogens (tertiary/aromatic N) is 1. The Hall–Kier alpha value is -1.29. The summed E-state index contributed by atoms with van der Waals surface area (Å²) >= 11 is 3.41. The standard InChI is InChI=1S/C12H12BrNO2/c1-3-14-10-6-8(13)4-5-9(10)7(2)11(14)12(15)16/h4-6H,3H2,1-2H3,(H,15,16). The predicted octanol–water partition coefficient (Wildman–Crippen LogP) is 3.43. The van der Waals surface area contributed by atoms with Crippen molar-refractivity contribution in [2.24, 2.45) is 0 Å². The molecule has 1 aromatic carbocycles. The Morgan fingerprint density at radius 3 is 2.75 bits per heavy atom. The third-order valence-electron chi connectivity index (χ3n) is 2.80. The van der Waals surface area contributed by atoms with Crippen molar-refractivity contribution in [3.8, 4) is 0 Å². The summed E-state index contributed by atoms with van der Waals surface area (Å²) in [5, 5.41) is 10.2. The summed E-state index contributed by atoms with van der Waals surface area (Å²) in [4.78, 5) is 11.2. The second kappa shape index (κ2) is 3.94. The molecule has 0 unspecified atom stereocenters. The van der Waals surface area contributed by atoms with E-state index in [1.165, 1.54) is 0 Å². The summed E-state index contributed by atoms with van der Waals surface area (Å²) in [6, 6.07) is 5.84. The van der Waals surface area contributed by atoms with Crippen molar-refractivity contribution in [1.29, 1.82) is 0 Å². The first-order chi connectivity index (χ1) is 7.56. The highest BCUT2D eigenvalue weighted by Crippen LogP contribution is 2.28. The van der Waals surface area contributed by atoms with Crippen LogP contribution < -0.4 is 0 Å². The largest absolute Gasteiger partial charge is 0.477 e. The summed E-state index contributed by atoms with van der Waals surface area (Å²) in [7, 11) is 0. The minimum Gasteiger partial charge on any atom is -0.477 e. The van der Waals surface area contributed by atoms with Gasteiger partial charge < -0.3 is 9.67 Å². The third kappa shape index (κ3) is 1.53. The average molecular weight is 282 g/mol. The van der Waals surface area contributed by atoms with Gasteiger partial charge in [-0.25, -0.2) is 4.79 Å². The predicted molar refractivity (Wildman–Crippen MR) is 67.0 cm³/mol. The number of fused-ring (bicyclic) bond motifs is 1. The minimum absolute atomic E-state index is 0.385. The normalized spacial score (nSPS) is 10.9. The van der Waals surface area contributed by atoms with E-state index in [4.69, 9.17) is 0 Å². The Morgan fingerprint density at radius 1 is 1.50 bits per heavy atom. The molecule has 0 saturated heterocycles. The number of carboxylic acid groups (broad SMARTS) is 1. The lowest BCUT2D eigenvalue weighted by Crippen LogP contribution is -2.08. The number of carboxylic acids is 1. The number of aryl methyl sites for hydroxylation is 2. The molecule has 4 heteroatoms. The summed E-state index contributed by atoms with van der Waals surface area (Å²) in [6.45, 7) is 4.46. The Balaban J connectivity index is 2.91. The maximum Gasteiger partial charge on any atom is 0.352 e. The molecule has 0 spiro atoms. The maximum absolute atomic E-state index is 11.2. The Labute approximate surface area is 102 Å². The summed E-state index contributed by atoms with van der Waals surface area (Å²) < 4.78 is 2.79. The van der Waals surface area contributed by atoms with E-state index in [1.54, 1.807) is 0 Å². The number of rotatable bonds is 2. The minimum atomic E-state index is -0.869. The fourth-order valence-corrected chi connectivity index (χ4v) is 2.45. The van der Waals surface area contributed by atoms with Crippen LogP contribution in [0.1, 0.15) is 23.0 Å². The molecule has 0 saturated carbocycles. The topological polar surface area (TPSA) is 42.2 Å². The number of hydrogen-bond acceptors (Lipinski definition) is 1. The summed E-state index contributed by atoms with van der Waals surface area (Å²) in [5.41, 5.74) is 2.18. The molecule has 0 radical (unpaired) electrons. The van der Waals surface area contributed by atoms with Crippen LogP contribution in [0.2, 0.25) is 0 Å². The lowest BCUT2D eigenvalue weighted by molar-refractivity contribution is 0.0685. The van der Waals surface area contributed by atoms with E-state index in [0.717, 1.165) is 20.9 Å². The molecular formula is C12H12BrNO2. The number of aromatic carboxylic acids is 1. The Morgan fingerprint density at radius 2 is 2.19 bits per heavy atom. The van der Waals surface area contributed by atoms with E-state index in [9.17, 15) is 9.90 Å². The highest BCUT2D eigenvalue weighted by atomic mass is 79.9. The van der Waals surface area contributed by atoms with E-state index in [0.29, 0.717) is 12.2 Å². The molecule has 1 aromatic heterocycles. The average Bonchev–Trinajstić information content (AvgIpc) is 2.50. The number of aromatic nitrogens is 1. The summed E-state index contributed by atoms with van der Waals surface area (Å²) in [5.74, 6) is -0.869. The molecule has 0 aliphatic carbocycles. The second-order valence-electron chi connectivity index (χ2n) is 3.68. The van der Waals surface area contributed by atoms with Crippen molar-refractivity contribution in [3.05, 3.63) is 33.9 Å². The van der Waals surface area contributed by atoms with Crippen molar-refractivity contribution >= 4 is 32.8 Å². The van der Waals surface area contributed by atoms with Crippen LogP contribution in [0.3, 0.4) is 0 Å². The molecule has 2 rings (SSSR count). The molecular weight excluding hydrogens is 270 g/mol. The number of hydrogen-bond donors (Lipinski definition) is 1. The van der Waals surface area contributed by atoms with Gasteiger partial charge in [0.05, 0.1) is 5.52 Å². The Bertz CT molecular complexity index is 572. The highest BCUT2D eigenvalue weighted by Gasteiger charge is 2.18. The zero-order valence-electron chi connectivity index (χ0n) is 9.12. The smallest absolute Gasteiger partial charge is 0.352 e. The zero-order valence-corrected chi connectivity index (χ0v) is 10.7. The van der Waals surface area contributed by atoms with E-state index < -0.39 is 5.97 Å². The van der Waals surface area contributed by atoms with Gasteiger partial charge in [0.25, 0.3) is 0 Å². The molecule has 2 aromatic rings. The first-order valence-electron chi connectivity index (χ1n) is 5.08. The number of halogens is 1. The second-order valence-corrected chi connectivity index (χ2v) is 4.60. The molecule has 1 N–H and O–H groups in total. The molecule has 0 bridgehead atoms. The number of carbonyl (C=O) groups is 1. The monoisotopic (exact) mass is 281 g/mol. The van der Waals surface area contributed by atoms with Crippen LogP contribution in [-0.4, -0.2) is 15.6 Å². The van der Waals surface area contributed by atoms with E-state index in [-0.39, 0.29) is 0 Å². The molecule has 0 fully saturated rings. The fourth-order valence-electron chi connectivity index (χ4n) is 2.10. The van der Waals surface area contributed by atoms with E-state index >= 15 is 0 Å². The van der Waals surface area contributed by atoms with Crippen molar-refractivity contribution in [2.45, 2.75) is 20.4 Å². The summed E-state index contributed by atoms with van der Waals surface area (Å²) in [6.07, 6.45) is 0. The van der Waals surface area contributed by atoms with Crippen LogP contribution in [0.4, 0.5) is 0 Å². The lowest BCUT2D eigenvalue weighted by Gasteiger charge is -2.04. The van der Waals surface area contributed by atoms with E-state index in [2.05, 4.69) is 15.9 Å². The van der Waals surface area contributed by atoms with Gasteiger partial charge in [0.2, 0.25) is 0 Å². The fraction of sp³-hybridized carbons (Fsp3) is 0.250. The zero-order chi connectivity index (χ0) is 11.9. The van der Waals surface area contributed by atoms with Gasteiger partial charge in [-0.2, -0.15) is 0 Å². The van der Waals surface area contributed by atoms with Crippen molar-refractivity contribution < 1.29 is 9.90 Å². The third-order valence-corrected chi connectivity index (χ3v) is 3.29. The van der Waals surface area contributed by atoms with Crippen LogP contribution in [0, 0.1) is 6.92 Å². The van der Waals surface area contributed by atoms with Gasteiger partial charge >= 0.3 is 5.97 Å². The maximum atomic E-state index is 11.2. The molecule has 1 heterocycles. The quantitative estimate of drug-likeness (QED) is 0.916. The van der Waals surface area contributed by atoms with Crippen LogP contribution in [0.25, 0.3) is 10.9 Å². The van der Waals surface area contributed by atoms with E-state index in [1.807, 2.05) is 36.6 Å². The SMILES string of the molecule is CCn1c(C(=O)O)c(C)c2ccc(Br)cc21. The lowest BCUT2D eigenvalue weighted by atomic mass is 10.1. The van der Waals surface area contributed by atoms with Crippen LogP contribution >= 0.6 is 15.9 Å². The van der Waals surface area contributed by atoms with Crippen LogP contribution in [-0.2, 0) is 6.54 Å². The highest BCUT2D eigenvalue weighted by molar-refractivity contribution is 9.10. The van der Waals surface area contributed by atoms with Gasteiger partial charge in [0, 0.05) is 16.4 Å². The Kier molecular flexibility index (Phi) is 2.76. The molecule has 0 aliphatic rings. The van der Waals surface area contributed by atoms with Crippen molar-refractivity contribution in [1.82, 2.24) is 4.57 Å². The first-order valence-corrected chi connectivity index (χ1v) is 5.87. The first kappa shape index (κ1) is 11.2. The number of benzene rings is 1. The van der Waals surface area contributed by atoms with Gasteiger partial charge in [0.1, 0.15) is 5.69 Å². The van der Waals surface area contributed by atoms with Crippen molar-refractivity contribution in [3.63, 3.8) is 0 Å². The van der Waals surface area contributed by atoms with Crippen LogP contribution in [0.15, 0.2) is 22.7 Å². The van der Waals surface area contributed by atoms with Gasteiger partial charge in [-0.05, 0) is 31.5 Å². The van der Waals surface area contributed by atoms with Crippen molar-refractivity contribution in [2.75, 3.05) is 0 Å². The molecule has 0 atom stereocenters. The molecule has 16 heavy (non-hydrogen) atoms. The van der Waals surface area contributed by atoms with Gasteiger partial charge in [0.15, 0.2) is 0 Å². The van der Waals surface area contributed by atoms with Gasteiger partial charge in [-0.3, -0.25) is 0 Å². The van der Waals surface area contributed by atoms with Gasteiger partial charge in [-0.15, -0.1) is 0 Å². The molecule has 0 amide bonds. The molecule has 3 nitrogen and oxygen atoms in total. The van der Waals surface area contributed by atoms with Crippen LogP contribution in [0.5, 0.6) is 0 Å². The van der Waals surface area contributed by atoms with Gasteiger partial charge in [-0.1, -0.05) is 22.0 Å². The molecule has 0 aliphatic heterocycles.